The van der Waals surface area contributed by atoms with E-state index in [1.807, 2.05) is 11.7 Å². The number of nitrogens with one attached hydrogen (secondary N) is 1. The molecule has 0 spiro atoms. The molecule has 2 heterocycles. The third kappa shape index (κ3) is 3.18. The van der Waals surface area contributed by atoms with Gasteiger partial charge in [-0.3, -0.25) is 9.58 Å². The van der Waals surface area contributed by atoms with Crippen LogP contribution in [0.1, 0.15) is 39.1 Å². The molecule has 0 bridgehead atoms. The Morgan fingerprint density at radius 3 is 2.70 bits per heavy atom. The average molecular weight is 299 g/mol. The molecule has 2 atom stereocenters. The molecule has 2 unspecified atom stereocenters. The number of halogens is 1. The average Bonchev–Trinajstić information content (AvgIpc) is 2.66. The molecule has 4 nitrogen and oxygen atoms in total. The van der Waals surface area contributed by atoms with Crippen LogP contribution in [0.4, 0.5) is 0 Å². The molecule has 0 aromatic carbocycles. The van der Waals surface area contributed by atoms with E-state index in [0.29, 0.717) is 18.0 Å². The topological polar surface area (TPSA) is 33.1 Å². The maximum Gasteiger partial charge on any atom is 0.0863 e. The summed E-state index contributed by atoms with van der Waals surface area (Å²) in [4.78, 5) is 2.55. The van der Waals surface area contributed by atoms with Gasteiger partial charge in [0.2, 0.25) is 0 Å². The fraction of sp³-hybridized carbons (Fsp3) is 0.800. The summed E-state index contributed by atoms with van der Waals surface area (Å²) in [7, 11) is 2.00. The van der Waals surface area contributed by atoms with E-state index >= 15 is 0 Å². The highest BCUT2D eigenvalue weighted by molar-refractivity contribution is 6.31. The third-order valence-electron chi connectivity index (χ3n) is 4.28. The first-order valence-electron chi connectivity index (χ1n) is 7.61. The van der Waals surface area contributed by atoms with Gasteiger partial charge in [0.25, 0.3) is 0 Å². The van der Waals surface area contributed by atoms with Crippen molar-refractivity contribution in [2.24, 2.45) is 13.0 Å². The van der Waals surface area contributed by atoms with E-state index in [-0.39, 0.29) is 0 Å². The number of aryl methyl sites for hydroxylation is 2. The van der Waals surface area contributed by atoms with Crippen molar-refractivity contribution < 1.29 is 0 Å². The van der Waals surface area contributed by atoms with Gasteiger partial charge in [-0.05, 0) is 19.3 Å². The Hall–Kier alpha value is -0.580. The number of nitrogens with zero attached hydrogens (tertiary/aromatic N) is 3. The van der Waals surface area contributed by atoms with Gasteiger partial charge in [0, 0.05) is 38.8 Å². The summed E-state index contributed by atoms with van der Waals surface area (Å²) in [6.07, 6.45) is 0.887. The van der Waals surface area contributed by atoms with Crippen molar-refractivity contribution in [3.05, 3.63) is 16.4 Å². The standard InChI is InChI=1S/C15H27ClN4/c1-6-12-15(16)14(19(5)18-12)9-20-8-11(4)17-7-13(20)10(2)3/h10-11,13,17H,6-9H2,1-5H3. The van der Waals surface area contributed by atoms with Crippen LogP contribution in [0, 0.1) is 5.92 Å². The lowest BCUT2D eigenvalue weighted by molar-refractivity contribution is 0.0931. The zero-order chi connectivity index (χ0) is 14.9. The quantitative estimate of drug-likeness (QED) is 0.927. The Balaban J connectivity index is 2.20. The van der Waals surface area contributed by atoms with Crippen LogP contribution in [0.25, 0.3) is 0 Å². The van der Waals surface area contributed by atoms with Crippen molar-refractivity contribution in [1.82, 2.24) is 20.0 Å². The number of piperazine rings is 1. The molecule has 0 aliphatic carbocycles. The minimum absolute atomic E-state index is 0.530. The van der Waals surface area contributed by atoms with E-state index < -0.39 is 0 Å². The largest absolute Gasteiger partial charge is 0.311 e. The smallest absolute Gasteiger partial charge is 0.0863 e. The molecule has 1 fully saturated rings. The normalized spacial score (nSPS) is 24.6. The Labute approximate surface area is 127 Å². The van der Waals surface area contributed by atoms with Crippen molar-refractivity contribution >= 4 is 11.6 Å². The molecule has 20 heavy (non-hydrogen) atoms. The third-order valence-corrected chi connectivity index (χ3v) is 4.71. The zero-order valence-corrected chi connectivity index (χ0v) is 14.0. The molecule has 114 valence electrons. The van der Waals surface area contributed by atoms with Gasteiger partial charge in [-0.1, -0.05) is 32.4 Å². The van der Waals surface area contributed by atoms with Crippen LogP contribution in [0.3, 0.4) is 0 Å². The molecular formula is C15H27ClN4. The monoisotopic (exact) mass is 298 g/mol. The maximum absolute atomic E-state index is 6.49. The molecule has 2 rings (SSSR count). The van der Waals surface area contributed by atoms with Crippen molar-refractivity contribution in [3.8, 4) is 0 Å². The van der Waals surface area contributed by atoms with E-state index in [1.165, 1.54) is 0 Å². The van der Waals surface area contributed by atoms with Crippen molar-refractivity contribution in [2.75, 3.05) is 13.1 Å². The predicted octanol–water partition coefficient (Wildman–Crippen LogP) is 2.45. The van der Waals surface area contributed by atoms with E-state index in [9.17, 15) is 0 Å². The first-order valence-corrected chi connectivity index (χ1v) is 7.99. The van der Waals surface area contributed by atoms with E-state index in [4.69, 9.17) is 11.6 Å². The highest BCUT2D eigenvalue weighted by atomic mass is 35.5. The van der Waals surface area contributed by atoms with Crippen molar-refractivity contribution in [1.29, 1.82) is 0 Å². The van der Waals surface area contributed by atoms with Gasteiger partial charge in [-0.2, -0.15) is 5.10 Å². The molecule has 1 aliphatic rings. The Morgan fingerprint density at radius 1 is 1.45 bits per heavy atom. The van der Waals surface area contributed by atoms with Gasteiger partial charge in [0.05, 0.1) is 16.4 Å². The SMILES string of the molecule is CCc1nn(C)c(CN2CC(C)NCC2C(C)C)c1Cl. The summed E-state index contributed by atoms with van der Waals surface area (Å²) >= 11 is 6.49. The van der Waals surface area contributed by atoms with Crippen LogP contribution < -0.4 is 5.32 Å². The molecular weight excluding hydrogens is 272 g/mol. The second-order valence-electron chi connectivity index (χ2n) is 6.23. The van der Waals surface area contributed by atoms with E-state index in [0.717, 1.165) is 42.5 Å². The summed E-state index contributed by atoms with van der Waals surface area (Å²) < 4.78 is 1.95. The molecule has 1 saturated heterocycles. The lowest BCUT2D eigenvalue weighted by Crippen LogP contribution is -2.56. The molecule has 1 N–H and O–H groups in total. The first kappa shape index (κ1) is 15.8. The molecule has 5 heteroatoms. The number of rotatable bonds is 4. The number of hydrogen-bond donors (Lipinski definition) is 1. The Morgan fingerprint density at radius 2 is 2.15 bits per heavy atom. The number of hydrogen-bond acceptors (Lipinski definition) is 3. The minimum atomic E-state index is 0.530. The lowest BCUT2D eigenvalue weighted by atomic mass is 9.98. The molecule has 1 aliphatic heterocycles. The van der Waals surface area contributed by atoms with Gasteiger partial charge < -0.3 is 5.32 Å². The highest BCUT2D eigenvalue weighted by Crippen LogP contribution is 2.25. The molecule has 0 radical (unpaired) electrons. The maximum atomic E-state index is 6.49. The van der Waals surface area contributed by atoms with Crippen LogP contribution in [-0.2, 0) is 20.0 Å². The molecule has 1 aromatic heterocycles. The van der Waals surface area contributed by atoms with Crippen molar-refractivity contribution in [3.63, 3.8) is 0 Å². The summed E-state index contributed by atoms with van der Waals surface area (Å²) in [5, 5.41) is 8.95. The van der Waals surface area contributed by atoms with Gasteiger partial charge in [0.1, 0.15) is 0 Å². The summed E-state index contributed by atoms with van der Waals surface area (Å²) in [5.74, 6) is 0.632. The molecule has 0 saturated carbocycles. The summed E-state index contributed by atoms with van der Waals surface area (Å²) in [6, 6.07) is 1.09. The first-order chi connectivity index (χ1) is 9.43. The fourth-order valence-corrected chi connectivity index (χ4v) is 3.38. The zero-order valence-electron chi connectivity index (χ0n) is 13.3. The lowest BCUT2D eigenvalue weighted by Gasteiger charge is -2.41. The highest BCUT2D eigenvalue weighted by Gasteiger charge is 2.29. The van der Waals surface area contributed by atoms with Gasteiger partial charge in [0.15, 0.2) is 0 Å². The second-order valence-corrected chi connectivity index (χ2v) is 6.61. The van der Waals surface area contributed by atoms with Crippen LogP contribution in [0.15, 0.2) is 0 Å². The van der Waals surface area contributed by atoms with E-state index in [1.54, 1.807) is 0 Å². The van der Waals surface area contributed by atoms with Crippen LogP contribution >= 0.6 is 11.6 Å². The molecule has 1 aromatic rings. The Kier molecular flexibility index (Phi) is 5.10. The minimum Gasteiger partial charge on any atom is -0.311 e. The fourth-order valence-electron chi connectivity index (χ4n) is 3.03. The van der Waals surface area contributed by atoms with Gasteiger partial charge in [-0.25, -0.2) is 0 Å². The van der Waals surface area contributed by atoms with Crippen LogP contribution in [0.2, 0.25) is 5.02 Å². The van der Waals surface area contributed by atoms with Gasteiger partial charge >= 0.3 is 0 Å². The van der Waals surface area contributed by atoms with Crippen molar-refractivity contribution in [2.45, 2.75) is 52.7 Å². The van der Waals surface area contributed by atoms with Crippen LogP contribution in [-0.4, -0.2) is 39.9 Å². The molecule has 0 amide bonds. The van der Waals surface area contributed by atoms with Gasteiger partial charge in [-0.15, -0.1) is 0 Å². The Bertz CT molecular complexity index is 455. The summed E-state index contributed by atoms with van der Waals surface area (Å²) in [5.41, 5.74) is 2.15. The number of aromatic nitrogens is 2. The van der Waals surface area contributed by atoms with Crippen LogP contribution in [0.5, 0.6) is 0 Å². The predicted molar refractivity (Wildman–Crippen MR) is 84.1 cm³/mol. The summed E-state index contributed by atoms with van der Waals surface area (Å²) in [6.45, 7) is 11.9. The van der Waals surface area contributed by atoms with E-state index in [2.05, 4.69) is 43.0 Å². The second kappa shape index (κ2) is 6.46.